The van der Waals surface area contributed by atoms with Gasteiger partial charge in [-0.05, 0) is 24.5 Å². The normalized spacial score (nSPS) is 18.5. The highest BCUT2D eigenvalue weighted by Crippen LogP contribution is 2.38. The zero-order valence-corrected chi connectivity index (χ0v) is 11.6. The van der Waals surface area contributed by atoms with Gasteiger partial charge in [0.25, 0.3) is 0 Å². The SMILES string of the molecule is COc1cc2c(c(OC)c1)N(C(C)=O)CCC(N)C2. The number of nitrogens with two attached hydrogens (primary N) is 1. The van der Waals surface area contributed by atoms with Crippen LogP contribution >= 0.6 is 0 Å². The van der Waals surface area contributed by atoms with Crippen LogP contribution in [0.2, 0.25) is 0 Å². The van der Waals surface area contributed by atoms with E-state index in [2.05, 4.69) is 0 Å². The quantitative estimate of drug-likeness (QED) is 0.875. The highest BCUT2D eigenvalue weighted by Gasteiger charge is 2.26. The van der Waals surface area contributed by atoms with E-state index in [9.17, 15) is 4.79 Å². The van der Waals surface area contributed by atoms with Gasteiger partial charge in [0.05, 0.1) is 19.9 Å². The third kappa shape index (κ3) is 2.66. The number of amides is 1. The fourth-order valence-electron chi connectivity index (χ4n) is 2.48. The molecular weight excluding hydrogens is 244 g/mol. The molecule has 2 rings (SSSR count). The van der Waals surface area contributed by atoms with E-state index in [0.29, 0.717) is 24.5 Å². The lowest BCUT2D eigenvalue weighted by molar-refractivity contribution is -0.116. The van der Waals surface area contributed by atoms with Crippen LogP contribution in [0.25, 0.3) is 0 Å². The number of fused-ring (bicyclic) bond motifs is 1. The summed E-state index contributed by atoms with van der Waals surface area (Å²) in [5, 5.41) is 0. The molecule has 1 aliphatic heterocycles. The van der Waals surface area contributed by atoms with Gasteiger partial charge in [-0.25, -0.2) is 0 Å². The molecule has 1 heterocycles. The van der Waals surface area contributed by atoms with Crippen LogP contribution in [-0.2, 0) is 11.2 Å². The van der Waals surface area contributed by atoms with Crippen molar-refractivity contribution in [3.63, 3.8) is 0 Å². The van der Waals surface area contributed by atoms with Crippen LogP contribution in [0, 0.1) is 0 Å². The van der Waals surface area contributed by atoms with Gasteiger partial charge in [0.2, 0.25) is 5.91 Å². The number of ether oxygens (including phenoxy) is 2. The summed E-state index contributed by atoms with van der Waals surface area (Å²) < 4.78 is 10.7. The van der Waals surface area contributed by atoms with Crippen molar-refractivity contribution in [1.29, 1.82) is 0 Å². The first-order valence-corrected chi connectivity index (χ1v) is 6.35. The minimum Gasteiger partial charge on any atom is -0.497 e. The molecule has 5 nitrogen and oxygen atoms in total. The molecular formula is C14H20N2O3. The van der Waals surface area contributed by atoms with Crippen molar-refractivity contribution in [2.45, 2.75) is 25.8 Å². The number of methoxy groups -OCH3 is 2. The van der Waals surface area contributed by atoms with E-state index in [1.54, 1.807) is 32.1 Å². The molecule has 1 aromatic carbocycles. The van der Waals surface area contributed by atoms with E-state index in [-0.39, 0.29) is 11.9 Å². The molecule has 1 unspecified atom stereocenters. The van der Waals surface area contributed by atoms with Crippen LogP contribution in [0.15, 0.2) is 12.1 Å². The zero-order chi connectivity index (χ0) is 14.0. The average molecular weight is 264 g/mol. The molecule has 1 aromatic rings. The zero-order valence-electron chi connectivity index (χ0n) is 11.6. The molecule has 2 N–H and O–H groups in total. The van der Waals surface area contributed by atoms with Gasteiger partial charge >= 0.3 is 0 Å². The predicted octanol–water partition coefficient (Wildman–Crippen LogP) is 1.33. The van der Waals surface area contributed by atoms with Gasteiger partial charge in [0, 0.05) is 25.6 Å². The van der Waals surface area contributed by atoms with Crippen LogP contribution in [0.4, 0.5) is 5.69 Å². The van der Waals surface area contributed by atoms with Crippen LogP contribution in [0.5, 0.6) is 11.5 Å². The van der Waals surface area contributed by atoms with E-state index in [4.69, 9.17) is 15.2 Å². The summed E-state index contributed by atoms with van der Waals surface area (Å²) in [6.07, 6.45) is 1.49. The Balaban J connectivity index is 2.59. The summed E-state index contributed by atoms with van der Waals surface area (Å²) in [7, 11) is 3.21. The third-order valence-electron chi connectivity index (χ3n) is 3.44. The molecule has 1 atom stereocenters. The Morgan fingerprint density at radius 1 is 1.37 bits per heavy atom. The van der Waals surface area contributed by atoms with Crippen molar-refractivity contribution in [1.82, 2.24) is 0 Å². The summed E-state index contributed by atoms with van der Waals surface area (Å²) in [6.45, 7) is 2.18. The Labute approximate surface area is 113 Å². The first-order valence-electron chi connectivity index (χ1n) is 6.35. The Bertz CT molecular complexity index is 488. The summed E-state index contributed by atoms with van der Waals surface area (Å²) in [5.41, 5.74) is 7.89. The number of benzene rings is 1. The number of hydrogen-bond donors (Lipinski definition) is 1. The molecule has 5 heteroatoms. The molecule has 0 bridgehead atoms. The maximum atomic E-state index is 11.8. The van der Waals surface area contributed by atoms with Crippen LogP contribution < -0.4 is 20.1 Å². The molecule has 0 fully saturated rings. The molecule has 0 aromatic heterocycles. The Morgan fingerprint density at radius 2 is 2.11 bits per heavy atom. The second kappa shape index (κ2) is 5.48. The number of carbonyl (C=O) groups is 1. The van der Waals surface area contributed by atoms with Gasteiger partial charge in [0.1, 0.15) is 11.5 Å². The van der Waals surface area contributed by atoms with E-state index in [1.165, 1.54) is 0 Å². The summed E-state index contributed by atoms with van der Waals surface area (Å²) in [4.78, 5) is 13.6. The largest absolute Gasteiger partial charge is 0.497 e. The second-order valence-corrected chi connectivity index (χ2v) is 4.76. The van der Waals surface area contributed by atoms with Gasteiger partial charge in [-0.2, -0.15) is 0 Å². The highest BCUT2D eigenvalue weighted by atomic mass is 16.5. The Kier molecular flexibility index (Phi) is 3.95. The lowest BCUT2D eigenvalue weighted by Crippen LogP contribution is -2.31. The maximum absolute atomic E-state index is 11.8. The summed E-state index contributed by atoms with van der Waals surface area (Å²) in [6, 6.07) is 3.77. The highest BCUT2D eigenvalue weighted by molar-refractivity contribution is 5.94. The standard InChI is InChI=1S/C14H20N2O3/c1-9(17)16-5-4-11(15)6-10-7-12(18-2)8-13(19-3)14(10)16/h7-8,11H,4-6,15H2,1-3H3. The molecule has 0 radical (unpaired) electrons. The lowest BCUT2D eigenvalue weighted by atomic mass is 10.0. The second-order valence-electron chi connectivity index (χ2n) is 4.76. The average Bonchev–Trinajstić information content (AvgIpc) is 2.55. The Hall–Kier alpha value is -1.75. The van der Waals surface area contributed by atoms with Crippen molar-refractivity contribution >= 4 is 11.6 Å². The maximum Gasteiger partial charge on any atom is 0.223 e. The third-order valence-corrected chi connectivity index (χ3v) is 3.44. The topological polar surface area (TPSA) is 64.8 Å². The summed E-state index contributed by atoms with van der Waals surface area (Å²) >= 11 is 0. The monoisotopic (exact) mass is 264 g/mol. The first kappa shape index (κ1) is 13.7. The molecule has 0 aliphatic carbocycles. The Morgan fingerprint density at radius 3 is 2.68 bits per heavy atom. The molecule has 1 aliphatic rings. The van der Waals surface area contributed by atoms with E-state index in [1.807, 2.05) is 6.07 Å². The van der Waals surface area contributed by atoms with E-state index >= 15 is 0 Å². The molecule has 104 valence electrons. The minimum absolute atomic E-state index is 0.00110. The molecule has 1 amide bonds. The van der Waals surface area contributed by atoms with Crippen molar-refractivity contribution in [2.24, 2.45) is 5.73 Å². The van der Waals surface area contributed by atoms with Crippen molar-refractivity contribution < 1.29 is 14.3 Å². The number of hydrogen-bond acceptors (Lipinski definition) is 4. The van der Waals surface area contributed by atoms with Crippen LogP contribution in [0.1, 0.15) is 18.9 Å². The number of nitrogens with zero attached hydrogens (tertiary/aromatic N) is 1. The number of anilines is 1. The van der Waals surface area contributed by atoms with Crippen molar-refractivity contribution in [3.8, 4) is 11.5 Å². The summed E-state index contributed by atoms with van der Waals surface area (Å²) in [5.74, 6) is 1.37. The van der Waals surface area contributed by atoms with Gasteiger partial charge in [-0.15, -0.1) is 0 Å². The van der Waals surface area contributed by atoms with Crippen molar-refractivity contribution in [2.75, 3.05) is 25.7 Å². The molecule has 19 heavy (non-hydrogen) atoms. The number of rotatable bonds is 2. The number of carbonyl (C=O) groups excluding carboxylic acids is 1. The first-order chi connectivity index (χ1) is 9.06. The van der Waals surface area contributed by atoms with Gasteiger partial charge in [-0.1, -0.05) is 0 Å². The predicted molar refractivity (Wildman–Crippen MR) is 73.9 cm³/mol. The molecule has 0 saturated heterocycles. The fraction of sp³-hybridized carbons (Fsp3) is 0.500. The van der Waals surface area contributed by atoms with Gasteiger partial charge < -0.3 is 20.1 Å². The van der Waals surface area contributed by atoms with Gasteiger partial charge in [0.15, 0.2) is 0 Å². The molecule has 0 spiro atoms. The van der Waals surface area contributed by atoms with Crippen LogP contribution in [0.3, 0.4) is 0 Å². The van der Waals surface area contributed by atoms with E-state index in [0.717, 1.165) is 17.7 Å². The van der Waals surface area contributed by atoms with Gasteiger partial charge in [-0.3, -0.25) is 4.79 Å². The molecule has 0 saturated carbocycles. The van der Waals surface area contributed by atoms with E-state index < -0.39 is 0 Å². The fourth-order valence-corrected chi connectivity index (χ4v) is 2.48. The van der Waals surface area contributed by atoms with Crippen LogP contribution in [-0.4, -0.2) is 32.7 Å². The smallest absolute Gasteiger partial charge is 0.223 e. The minimum atomic E-state index is -0.00110. The lowest BCUT2D eigenvalue weighted by Gasteiger charge is -2.24. The van der Waals surface area contributed by atoms with Crippen molar-refractivity contribution in [3.05, 3.63) is 17.7 Å².